The molecule has 2 aromatic carbocycles. The molecule has 3 atom stereocenters. The van der Waals surface area contributed by atoms with Crippen LogP contribution in [0.3, 0.4) is 0 Å². The third-order valence-electron chi connectivity index (χ3n) is 8.80. The Morgan fingerprint density at radius 1 is 1.00 bits per heavy atom. The normalized spacial score (nSPS) is 27.7. The van der Waals surface area contributed by atoms with Crippen molar-refractivity contribution in [2.24, 2.45) is 5.41 Å². The van der Waals surface area contributed by atoms with E-state index >= 15 is 0 Å². The number of aliphatic hydroxyl groups excluding tert-OH is 1. The fourth-order valence-corrected chi connectivity index (χ4v) is 7.17. The average Bonchev–Trinajstić information content (AvgIpc) is 3.15. The molecule has 3 heteroatoms. The Bertz CT molecular complexity index is 1260. The number of anilines is 2. The number of aliphatic hydroxyl groups is 1. The Kier molecular flexibility index (Phi) is 5.14. The number of hydrogen-bond donors (Lipinski definition) is 2. The van der Waals surface area contributed by atoms with E-state index in [0.29, 0.717) is 0 Å². The number of allylic oxidation sites excluding steroid dienone is 1. The Balaban J connectivity index is 1.46. The molecule has 3 nitrogen and oxygen atoms in total. The second kappa shape index (κ2) is 8.09. The molecule has 0 radical (unpaired) electrons. The minimum atomic E-state index is -0.185. The molecule has 2 N–H and O–H groups in total. The van der Waals surface area contributed by atoms with Gasteiger partial charge in [-0.25, -0.2) is 0 Å². The molecule has 0 spiro atoms. The van der Waals surface area contributed by atoms with Crippen molar-refractivity contribution in [2.75, 3.05) is 5.32 Å². The van der Waals surface area contributed by atoms with Gasteiger partial charge in [0, 0.05) is 17.3 Å². The molecule has 1 fully saturated rings. The van der Waals surface area contributed by atoms with Gasteiger partial charge in [0.25, 0.3) is 0 Å². The summed E-state index contributed by atoms with van der Waals surface area (Å²) in [4.78, 5) is 4.43. The fraction of sp³-hybridized carbons (Fsp3) is 0.387. The van der Waals surface area contributed by atoms with E-state index < -0.39 is 0 Å². The van der Waals surface area contributed by atoms with Gasteiger partial charge in [-0.05, 0) is 98.2 Å². The van der Waals surface area contributed by atoms with Crippen molar-refractivity contribution in [3.05, 3.63) is 100 Å². The van der Waals surface area contributed by atoms with E-state index in [2.05, 4.69) is 71.8 Å². The summed E-state index contributed by atoms with van der Waals surface area (Å²) in [6.07, 6.45) is 8.97. The summed E-state index contributed by atoms with van der Waals surface area (Å²) in [7, 11) is 0. The molecule has 3 aliphatic rings. The van der Waals surface area contributed by atoms with Gasteiger partial charge in [-0.15, -0.1) is 0 Å². The number of hydrogen-bond acceptors (Lipinski definition) is 3. The van der Waals surface area contributed by atoms with Gasteiger partial charge in [0.2, 0.25) is 0 Å². The van der Waals surface area contributed by atoms with Gasteiger partial charge in [-0.1, -0.05) is 54.5 Å². The lowest BCUT2D eigenvalue weighted by Crippen LogP contribution is -2.42. The zero-order valence-corrected chi connectivity index (χ0v) is 20.3. The van der Waals surface area contributed by atoms with Crippen molar-refractivity contribution in [2.45, 2.75) is 70.3 Å². The van der Waals surface area contributed by atoms with Crippen LogP contribution in [0.25, 0.3) is 0 Å². The Labute approximate surface area is 203 Å². The molecule has 0 unspecified atom stereocenters. The summed E-state index contributed by atoms with van der Waals surface area (Å²) in [5, 5.41) is 14.2. The number of aryl methyl sites for hydroxylation is 2. The SMILES string of the molecule is Cc1ncccc1Nc1ccc2c(c1)CCC1=C3C[C@H](O)C[C@]3(C)CC[C@]12Cc1ccccc1. The lowest BCUT2D eigenvalue weighted by atomic mass is 9.54. The maximum absolute atomic E-state index is 10.6. The van der Waals surface area contributed by atoms with Crippen LogP contribution in [0, 0.1) is 12.3 Å². The quantitative estimate of drug-likeness (QED) is 0.429. The minimum Gasteiger partial charge on any atom is -0.393 e. The van der Waals surface area contributed by atoms with Crippen LogP contribution in [0.4, 0.5) is 11.4 Å². The van der Waals surface area contributed by atoms with Gasteiger partial charge in [0.05, 0.1) is 17.5 Å². The number of pyridine rings is 1. The summed E-state index contributed by atoms with van der Waals surface area (Å²) in [5.74, 6) is 0. The third kappa shape index (κ3) is 3.49. The van der Waals surface area contributed by atoms with Gasteiger partial charge >= 0.3 is 0 Å². The molecule has 3 aromatic rings. The number of aromatic nitrogens is 1. The van der Waals surface area contributed by atoms with Crippen molar-refractivity contribution in [3.8, 4) is 0 Å². The van der Waals surface area contributed by atoms with Gasteiger partial charge in [-0.3, -0.25) is 4.98 Å². The second-order valence-corrected chi connectivity index (χ2v) is 11.0. The minimum absolute atomic E-state index is 0.0383. The van der Waals surface area contributed by atoms with E-state index in [4.69, 9.17) is 0 Å². The molecule has 3 aliphatic carbocycles. The standard InChI is InChI=1S/C31H34N2O/c1-21-29(9-6-16-32-21)33-24-11-13-26-23(17-24)10-12-27-28-18-25(34)20-30(28,2)14-15-31(26,27)19-22-7-4-3-5-8-22/h3-9,11,13,16-17,25,33-34H,10,12,14-15,18-20H2,1-2H3/t25-,30-,31+/m0/s1. The molecule has 0 aliphatic heterocycles. The van der Waals surface area contributed by atoms with Gasteiger partial charge in [0.15, 0.2) is 0 Å². The highest BCUT2D eigenvalue weighted by Gasteiger charge is 2.52. The number of nitrogens with one attached hydrogen (secondary N) is 1. The first-order valence-corrected chi connectivity index (χ1v) is 12.7. The van der Waals surface area contributed by atoms with Crippen molar-refractivity contribution >= 4 is 11.4 Å². The number of benzene rings is 2. The lowest BCUT2D eigenvalue weighted by Gasteiger charge is -2.50. The van der Waals surface area contributed by atoms with E-state index in [0.717, 1.165) is 62.0 Å². The zero-order valence-electron chi connectivity index (χ0n) is 20.3. The van der Waals surface area contributed by atoms with Crippen LogP contribution in [-0.4, -0.2) is 16.2 Å². The smallest absolute Gasteiger partial charge is 0.0607 e. The summed E-state index contributed by atoms with van der Waals surface area (Å²) in [6.45, 7) is 4.44. The Morgan fingerprint density at radius 3 is 2.68 bits per heavy atom. The molecule has 1 heterocycles. The molecule has 1 saturated carbocycles. The largest absolute Gasteiger partial charge is 0.393 e. The van der Waals surface area contributed by atoms with Gasteiger partial charge in [-0.2, -0.15) is 0 Å². The molecule has 1 aromatic heterocycles. The Hall–Kier alpha value is -2.91. The average molecular weight is 451 g/mol. The second-order valence-electron chi connectivity index (χ2n) is 11.0. The van der Waals surface area contributed by atoms with Crippen LogP contribution in [0.2, 0.25) is 0 Å². The van der Waals surface area contributed by atoms with Crippen LogP contribution < -0.4 is 5.32 Å². The van der Waals surface area contributed by atoms with E-state index in [9.17, 15) is 5.11 Å². The van der Waals surface area contributed by atoms with Crippen molar-refractivity contribution < 1.29 is 5.11 Å². The molecule has 0 bridgehead atoms. The summed E-state index contributed by atoms with van der Waals surface area (Å²) < 4.78 is 0. The molecule has 34 heavy (non-hydrogen) atoms. The van der Waals surface area contributed by atoms with Gasteiger partial charge in [0.1, 0.15) is 0 Å². The topological polar surface area (TPSA) is 45.2 Å². The molecule has 0 saturated heterocycles. The number of rotatable bonds is 4. The van der Waals surface area contributed by atoms with Gasteiger partial charge < -0.3 is 10.4 Å². The predicted octanol–water partition coefficient (Wildman–Crippen LogP) is 6.81. The molecular formula is C31H34N2O. The van der Waals surface area contributed by atoms with Crippen molar-refractivity contribution in [1.82, 2.24) is 4.98 Å². The lowest BCUT2D eigenvalue weighted by molar-refractivity contribution is 0.156. The first-order valence-electron chi connectivity index (χ1n) is 12.7. The number of nitrogens with zero attached hydrogens (tertiary/aromatic N) is 1. The summed E-state index contributed by atoms with van der Waals surface area (Å²) in [6, 6.07) is 22.1. The van der Waals surface area contributed by atoms with Crippen LogP contribution in [0.5, 0.6) is 0 Å². The van der Waals surface area contributed by atoms with Crippen LogP contribution in [0.15, 0.2) is 78.0 Å². The molecular weight excluding hydrogens is 416 g/mol. The van der Waals surface area contributed by atoms with E-state index in [1.165, 1.54) is 16.7 Å². The van der Waals surface area contributed by atoms with E-state index in [-0.39, 0.29) is 16.9 Å². The summed E-state index contributed by atoms with van der Waals surface area (Å²) in [5.41, 5.74) is 11.0. The molecule has 0 amide bonds. The number of fused-ring (bicyclic) bond motifs is 4. The monoisotopic (exact) mass is 450 g/mol. The molecule has 6 rings (SSSR count). The third-order valence-corrected chi connectivity index (χ3v) is 8.80. The zero-order chi connectivity index (χ0) is 23.3. The van der Waals surface area contributed by atoms with E-state index in [1.807, 2.05) is 19.2 Å². The van der Waals surface area contributed by atoms with Crippen LogP contribution in [-0.2, 0) is 18.3 Å². The fourth-order valence-electron chi connectivity index (χ4n) is 7.17. The van der Waals surface area contributed by atoms with Crippen LogP contribution >= 0.6 is 0 Å². The maximum Gasteiger partial charge on any atom is 0.0607 e. The first kappa shape index (κ1) is 21.6. The van der Waals surface area contributed by atoms with E-state index in [1.54, 1.807) is 11.1 Å². The van der Waals surface area contributed by atoms with Crippen LogP contribution in [0.1, 0.15) is 61.4 Å². The predicted molar refractivity (Wildman–Crippen MR) is 138 cm³/mol. The highest BCUT2D eigenvalue weighted by Crippen LogP contribution is 2.60. The first-order chi connectivity index (χ1) is 16.5. The summed E-state index contributed by atoms with van der Waals surface area (Å²) >= 11 is 0. The van der Waals surface area contributed by atoms with Crippen molar-refractivity contribution in [3.63, 3.8) is 0 Å². The Morgan fingerprint density at radius 2 is 1.85 bits per heavy atom. The maximum atomic E-state index is 10.6. The highest BCUT2D eigenvalue weighted by molar-refractivity contribution is 5.65. The highest BCUT2D eigenvalue weighted by atomic mass is 16.3. The van der Waals surface area contributed by atoms with Crippen molar-refractivity contribution in [1.29, 1.82) is 0 Å². The molecule has 174 valence electrons.